The van der Waals surface area contributed by atoms with Crippen LogP contribution in [0, 0.1) is 0 Å². The Bertz CT molecular complexity index is 942. The van der Waals surface area contributed by atoms with Crippen molar-refractivity contribution in [3.8, 4) is 17.2 Å². The molecule has 1 fully saturated rings. The average Bonchev–Trinajstić information content (AvgIpc) is 2.96. The van der Waals surface area contributed by atoms with Crippen LogP contribution in [-0.4, -0.2) is 37.4 Å². The molecule has 0 N–H and O–H groups in total. The molecule has 2 aromatic carbocycles. The Morgan fingerprint density at radius 3 is 2.25 bits per heavy atom. The van der Waals surface area contributed by atoms with E-state index in [1.54, 1.807) is 42.5 Å². The molecule has 28 heavy (non-hydrogen) atoms. The molecule has 2 amide bonds. The lowest BCUT2D eigenvalue weighted by Crippen LogP contribution is -2.27. The number of benzene rings is 2. The van der Waals surface area contributed by atoms with Gasteiger partial charge in [0.15, 0.2) is 11.5 Å². The Balaban J connectivity index is 1.90. The molecule has 2 aromatic rings. The third-order valence-electron chi connectivity index (χ3n) is 4.15. The number of carbonyl (C=O) groups is 2. The van der Waals surface area contributed by atoms with Gasteiger partial charge in [-0.25, -0.2) is 0 Å². The number of imide groups is 1. The first kappa shape index (κ1) is 20.1. The maximum atomic E-state index is 12.8. The normalized spacial score (nSPS) is 15.3. The molecular weight excluding hydrogens is 402 g/mol. The molecule has 0 aliphatic carbocycles. The van der Waals surface area contributed by atoms with Gasteiger partial charge >= 0.3 is 0 Å². The van der Waals surface area contributed by atoms with Gasteiger partial charge in [0.1, 0.15) is 0 Å². The van der Waals surface area contributed by atoms with Crippen LogP contribution in [0.4, 0.5) is 4.79 Å². The number of halogens is 1. The predicted molar refractivity (Wildman–Crippen MR) is 109 cm³/mol. The topological polar surface area (TPSA) is 65.1 Å². The zero-order valence-corrected chi connectivity index (χ0v) is 17.1. The molecule has 3 rings (SSSR count). The summed E-state index contributed by atoms with van der Waals surface area (Å²) >= 11 is 6.77. The van der Waals surface area contributed by atoms with Crippen molar-refractivity contribution in [1.29, 1.82) is 0 Å². The summed E-state index contributed by atoms with van der Waals surface area (Å²) in [6, 6.07) is 10.5. The molecule has 1 saturated heterocycles. The SMILES string of the molecule is COc1ccc(/C=C2\SC(=O)N(Cc3ccc(Cl)cc3)C2=O)c(OC)c1OC. The van der Waals surface area contributed by atoms with Crippen molar-refractivity contribution >= 4 is 40.6 Å². The van der Waals surface area contributed by atoms with E-state index < -0.39 is 0 Å². The highest BCUT2D eigenvalue weighted by molar-refractivity contribution is 8.18. The Morgan fingerprint density at radius 1 is 0.964 bits per heavy atom. The largest absolute Gasteiger partial charge is 0.493 e. The maximum Gasteiger partial charge on any atom is 0.293 e. The van der Waals surface area contributed by atoms with Gasteiger partial charge in [0.25, 0.3) is 11.1 Å². The number of methoxy groups -OCH3 is 3. The summed E-state index contributed by atoms with van der Waals surface area (Å²) in [6.07, 6.45) is 1.62. The smallest absolute Gasteiger partial charge is 0.293 e. The van der Waals surface area contributed by atoms with Crippen molar-refractivity contribution in [3.05, 3.63) is 57.5 Å². The van der Waals surface area contributed by atoms with Gasteiger partial charge in [-0.05, 0) is 47.7 Å². The molecule has 0 aromatic heterocycles. The highest BCUT2D eigenvalue weighted by atomic mass is 35.5. The molecule has 8 heteroatoms. The summed E-state index contributed by atoms with van der Waals surface area (Å²) in [5.74, 6) is 0.986. The van der Waals surface area contributed by atoms with Gasteiger partial charge in [0, 0.05) is 10.6 Å². The molecule has 1 aliphatic heterocycles. The zero-order valence-electron chi connectivity index (χ0n) is 15.5. The standard InChI is InChI=1S/C20H18ClNO5S/c1-25-15-9-6-13(17(26-2)18(15)27-3)10-16-19(23)22(20(24)28-16)11-12-4-7-14(21)8-5-12/h4-10H,11H2,1-3H3/b16-10-. The van der Waals surface area contributed by atoms with Crippen molar-refractivity contribution in [1.82, 2.24) is 4.90 Å². The third-order valence-corrected chi connectivity index (χ3v) is 5.31. The fraction of sp³-hybridized carbons (Fsp3) is 0.200. The zero-order chi connectivity index (χ0) is 20.3. The number of thioether (sulfide) groups is 1. The van der Waals surface area contributed by atoms with E-state index in [4.69, 9.17) is 25.8 Å². The number of ether oxygens (including phenoxy) is 3. The van der Waals surface area contributed by atoms with Gasteiger partial charge in [-0.1, -0.05) is 23.7 Å². The Labute approximate surface area is 172 Å². The number of hydrogen-bond donors (Lipinski definition) is 0. The Morgan fingerprint density at radius 2 is 1.64 bits per heavy atom. The summed E-state index contributed by atoms with van der Waals surface area (Å²) in [7, 11) is 4.53. The van der Waals surface area contributed by atoms with Crippen LogP contribution in [0.1, 0.15) is 11.1 Å². The van der Waals surface area contributed by atoms with Crippen molar-refractivity contribution < 1.29 is 23.8 Å². The number of nitrogens with zero attached hydrogens (tertiary/aromatic N) is 1. The second-order valence-corrected chi connectivity index (χ2v) is 7.25. The minimum atomic E-state index is -0.359. The van der Waals surface area contributed by atoms with E-state index in [-0.39, 0.29) is 17.7 Å². The second-order valence-electron chi connectivity index (χ2n) is 5.82. The van der Waals surface area contributed by atoms with E-state index in [1.807, 2.05) is 0 Å². The molecule has 1 aliphatic rings. The van der Waals surface area contributed by atoms with E-state index in [0.29, 0.717) is 32.7 Å². The second kappa shape index (κ2) is 8.58. The van der Waals surface area contributed by atoms with Crippen LogP contribution in [0.3, 0.4) is 0 Å². The summed E-state index contributed by atoms with van der Waals surface area (Å²) in [4.78, 5) is 26.6. The van der Waals surface area contributed by atoms with Crippen LogP contribution in [0.2, 0.25) is 5.02 Å². The van der Waals surface area contributed by atoms with Crippen molar-refractivity contribution in [3.63, 3.8) is 0 Å². The molecule has 146 valence electrons. The van der Waals surface area contributed by atoms with E-state index in [2.05, 4.69) is 0 Å². The lowest BCUT2D eigenvalue weighted by molar-refractivity contribution is -0.123. The van der Waals surface area contributed by atoms with Crippen LogP contribution in [0.5, 0.6) is 17.2 Å². The minimum absolute atomic E-state index is 0.183. The van der Waals surface area contributed by atoms with Crippen molar-refractivity contribution in [2.45, 2.75) is 6.54 Å². The van der Waals surface area contributed by atoms with Crippen LogP contribution in [0.15, 0.2) is 41.3 Å². The van der Waals surface area contributed by atoms with E-state index in [9.17, 15) is 9.59 Å². The number of amides is 2. The monoisotopic (exact) mass is 419 g/mol. The summed E-state index contributed by atoms with van der Waals surface area (Å²) in [5, 5.41) is 0.268. The number of carbonyl (C=O) groups excluding carboxylic acids is 2. The van der Waals surface area contributed by atoms with Crippen molar-refractivity contribution in [2.24, 2.45) is 0 Å². The van der Waals surface area contributed by atoms with Crippen LogP contribution in [-0.2, 0) is 11.3 Å². The fourth-order valence-electron chi connectivity index (χ4n) is 2.79. The quantitative estimate of drug-likeness (QED) is 0.637. The first-order chi connectivity index (χ1) is 13.5. The minimum Gasteiger partial charge on any atom is -0.493 e. The first-order valence-electron chi connectivity index (χ1n) is 8.27. The van der Waals surface area contributed by atoms with Gasteiger partial charge in [-0.15, -0.1) is 0 Å². The predicted octanol–water partition coefficient (Wildman–Crippen LogP) is 4.60. The molecule has 0 bridgehead atoms. The Hall–Kier alpha value is -2.64. The van der Waals surface area contributed by atoms with Gasteiger partial charge in [0.05, 0.1) is 32.8 Å². The number of rotatable bonds is 6. The summed E-state index contributed by atoms with van der Waals surface area (Å²) in [6.45, 7) is 0.183. The molecule has 6 nitrogen and oxygen atoms in total. The van der Waals surface area contributed by atoms with Crippen molar-refractivity contribution in [2.75, 3.05) is 21.3 Å². The van der Waals surface area contributed by atoms with Gasteiger partial charge in [-0.2, -0.15) is 0 Å². The van der Waals surface area contributed by atoms with Crippen LogP contribution >= 0.6 is 23.4 Å². The Kier molecular flexibility index (Phi) is 6.16. The first-order valence-corrected chi connectivity index (χ1v) is 9.46. The van der Waals surface area contributed by atoms with Crippen LogP contribution < -0.4 is 14.2 Å². The molecule has 0 saturated carbocycles. The van der Waals surface area contributed by atoms with Crippen LogP contribution in [0.25, 0.3) is 6.08 Å². The average molecular weight is 420 g/mol. The maximum absolute atomic E-state index is 12.8. The van der Waals surface area contributed by atoms with E-state index in [1.165, 1.54) is 26.2 Å². The molecule has 0 radical (unpaired) electrons. The summed E-state index contributed by atoms with van der Waals surface area (Å²) in [5.41, 5.74) is 1.42. The van der Waals surface area contributed by atoms with Gasteiger partial charge < -0.3 is 14.2 Å². The summed E-state index contributed by atoms with van der Waals surface area (Å²) < 4.78 is 16.1. The molecular formula is C20H18ClNO5S. The van der Waals surface area contributed by atoms with Gasteiger partial charge in [-0.3, -0.25) is 14.5 Å². The van der Waals surface area contributed by atoms with E-state index >= 15 is 0 Å². The highest BCUT2D eigenvalue weighted by Crippen LogP contribution is 2.42. The molecule has 0 atom stereocenters. The molecule has 0 unspecified atom stereocenters. The fourth-order valence-corrected chi connectivity index (χ4v) is 3.74. The lowest BCUT2D eigenvalue weighted by atomic mass is 10.1. The highest BCUT2D eigenvalue weighted by Gasteiger charge is 2.35. The lowest BCUT2D eigenvalue weighted by Gasteiger charge is -2.14. The molecule has 1 heterocycles. The molecule has 0 spiro atoms. The third kappa shape index (κ3) is 3.95. The van der Waals surface area contributed by atoms with Gasteiger partial charge in [0.2, 0.25) is 5.75 Å². The number of hydrogen-bond acceptors (Lipinski definition) is 6. The van der Waals surface area contributed by atoms with E-state index in [0.717, 1.165) is 17.3 Å².